The van der Waals surface area contributed by atoms with Gasteiger partial charge in [0.05, 0.1) is 10.6 Å². The molecule has 2 aromatic heterocycles. The molecule has 0 amide bonds. The number of hydrogen-bond acceptors (Lipinski definition) is 4. The molecule has 148 valence electrons. The van der Waals surface area contributed by atoms with E-state index in [1.807, 2.05) is 11.8 Å². The van der Waals surface area contributed by atoms with Gasteiger partial charge in [-0.05, 0) is 54.0 Å². The second-order valence-corrected chi connectivity index (χ2v) is 10.5. The van der Waals surface area contributed by atoms with Crippen molar-refractivity contribution in [2.45, 2.75) is 44.1 Å². The van der Waals surface area contributed by atoms with Crippen LogP contribution in [0.3, 0.4) is 0 Å². The number of rotatable bonds is 4. The molecule has 5 rings (SSSR count). The summed E-state index contributed by atoms with van der Waals surface area (Å²) >= 11 is 3.55. The van der Waals surface area contributed by atoms with Crippen LogP contribution >= 0.6 is 23.1 Å². The van der Waals surface area contributed by atoms with E-state index in [0.29, 0.717) is 5.92 Å². The molecule has 0 saturated carbocycles. The van der Waals surface area contributed by atoms with E-state index in [9.17, 15) is 4.79 Å². The Labute approximate surface area is 178 Å². The Balaban J connectivity index is 1.42. The lowest BCUT2D eigenvalue weighted by Gasteiger charge is -2.17. The standard InChI is InChI=1S/C24H24N2OS2/c1-14-10-11-19-20(12-14)29-24-21(19)23(27)25-22(26-24)15(2)28-13-17-8-5-7-16-6-3-4-9-18(16)17/h3-9,14-15H,10-13H2,1-2H3,(H,25,26,27)/t14-,15-/m1/s1. The lowest BCUT2D eigenvalue weighted by Crippen LogP contribution is -2.15. The predicted molar refractivity (Wildman–Crippen MR) is 125 cm³/mol. The number of fused-ring (bicyclic) bond motifs is 4. The summed E-state index contributed by atoms with van der Waals surface area (Å²) in [6.45, 7) is 4.43. The van der Waals surface area contributed by atoms with Gasteiger partial charge in [-0.15, -0.1) is 23.1 Å². The van der Waals surface area contributed by atoms with Crippen molar-refractivity contribution in [2.75, 3.05) is 0 Å². The first-order valence-corrected chi connectivity index (χ1v) is 12.1. The molecule has 29 heavy (non-hydrogen) atoms. The third-order valence-electron chi connectivity index (χ3n) is 5.94. The van der Waals surface area contributed by atoms with Crippen LogP contribution in [0.4, 0.5) is 0 Å². The molecule has 2 aromatic carbocycles. The van der Waals surface area contributed by atoms with Crippen molar-refractivity contribution in [3.05, 3.63) is 74.6 Å². The highest BCUT2D eigenvalue weighted by Gasteiger charge is 2.23. The van der Waals surface area contributed by atoms with Crippen LogP contribution in [0.15, 0.2) is 47.3 Å². The van der Waals surface area contributed by atoms with E-state index in [4.69, 9.17) is 4.98 Å². The summed E-state index contributed by atoms with van der Waals surface area (Å²) in [4.78, 5) is 23.1. The molecule has 0 spiro atoms. The van der Waals surface area contributed by atoms with E-state index in [-0.39, 0.29) is 10.8 Å². The number of H-pyrrole nitrogens is 1. The molecule has 0 bridgehead atoms. The molecule has 2 atom stereocenters. The van der Waals surface area contributed by atoms with Crippen LogP contribution in [0, 0.1) is 5.92 Å². The average Bonchev–Trinajstić information content (AvgIpc) is 3.09. The Hall–Kier alpha value is -2.11. The zero-order valence-electron chi connectivity index (χ0n) is 16.7. The number of hydrogen-bond donors (Lipinski definition) is 1. The fourth-order valence-electron chi connectivity index (χ4n) is 4.27. The van der Waals surface area contributed by atoms with Crippen molar-refractivity contribution in [1.82, 2.24) is 9.97 Å². The van der Waals surface area contributed by atoms with Gasteiger partial charge in [0.2, 0.25) is 0 Å². The Morgan fingerprint density at radius 1 is 1.24 bits per heavy atom. The van der Waals surface area contributed by atoms with Crippen molar-refractivity contribution in [1.29, 1.82) is 0 Å². The Bertz CT molecular complexity index is 1250. The monoisotopic (exact) mass is 420 g/mol. The van der Waals surface area contributed by atoms with Crippen LogP contribution < -0.4 is 5.56 Å². The van der Waals surface area contributed by atoms with Crippen LogP contribution in [-0.2, 0) is 18.6 Å². The molecule has 1 aliphatic carbocycles. The third-order valence-corrected chi connectivity index (χ3v) is 8.29. The van der Waals surface area contributed by atoms with Crippen LogP contribution in [0.25, 0.3) is 21.0 Å². The first kappa shape index (κ1) is 18.9. The number of thiophene rings is 1. The summed E-state index contributed by atoms with van der Waals surface area (Å²) in [6, 6.07) is 15.0. The Kier molecular flexibility index (Phi) is 4.96. The van der Waals surface area contributed by atoms with Crippen molar-refractivity contribution in [3.63, 3.8) is 0 Å². The first-order chi connectivity index (χ1) is 14.1. The highest BCUT2D eigenvalue weighted by atomic mass is 32.2. The molecule has 1 aliphatic rings. The minimum Gasteiger partial charge on any atom is -0.309 e. The largest absolute Gasteiger partial charge is 0.309 e. The molecule has 0 radical (unpaired) electrons. The summed E-state index contributed by atoms with van der Waals surface area (Å²) in [6.07, 6.45) is 3.25. The number of nitrogens with zero attached hydrogens (tertiary/aromatic N) is 1. The van der Waals surface area contributed by atoms with Gasteiger partial charge in [-0.3, -0.25) is 4.79 Å². The van der Waals surface area contributed by atoms with Gasteiger partial charge in [0.25, 0.3) is 5.56 Å². The molecule has 1 N–H and O–H groups in total. The minimum absolute atomic E-state index is 0.0367. The summed E-state index contributed by atoms with van der Waals surface area (Å²) < 4.78 is 0. The highest BCUT2D eigenvalue weighted by molar-refractivity contribution is 7.98. The van der Waals surface area contributed by atoms with Gasteiger partial charge in [0, 0.05) is 10.6 Å². The van der Waals surface area contributed by atoms with Crippen LogP contribution in [0.2, 0.25) is 0 Å². The number of benzene rings is 2. The van der Waals surface area contributed by atoms with E-state index in [2.05, 4.69) is 61.3 Å². The van der Waals surface area contributed by atoms with Gasteiger partial charge in [-0.2, -0.15) is 0 Å². The van der Waals surface area contributed by atoms with E-state index >= 15 is 0 Å². The maximum absolute atomic E-state index is 12.9. The zero-order chi connectivity index (χ0) is 20.0. The highest BCUT2D eigenvalue weighted by Crippen LogP contribution is 2.37. The van der Waals surface area contributed by atoms with Crippen molar-refractivity contribution in [2.24, 2.45) is 5.92 Å². The Morgan fingerprint density at radius 3 is 2.97 bits per heavy atom. The lowest BCUT2D eigenvalue weighted by molar-refractivity contribution is 0.509. The van der Waals surface area contributed by atoms with Gasteiger partial charge in [0.15, 0.2) is 0 Å². The normalized spacial score (nSPS) is 17.5. The van der Waals surface area contributed by atoms with Gasteiger partial charge >= 0.3 is 0 Å². The molecule has 0 saturated heterocycles. The van der Waals surface area contributed by atoms with Crippen LogP contribution in [0.5, 0.6) is 0 Å². The fraction of sp³-hybridized carbons (Fsp3) is 0.333. The molecule has 3 nitrogen and oxygen atoms in total. The molecular weight excluding hydrogens is 396 g/mol. The fourth-order valence-corrected chi connectivity index (χ4v) is 6.61. The summed E-state index contributed by atoms with van der Waals surface area (Å²) in [5, 5.41) is 3.53. The van der Waals surface area contributed by atoms with Gasteiger partial charge in [-0.1, -0.05) is 49.4 Å². The number of aromatic amines is 1. The van der Waals surface area contributed by atoms with E-state index in [0.717, 1.165) is 41.1 Å². The van der Waals surface area contributed by atoms with Gasteiger partial charge in [0.1, 0.15) is 10.7 Å². The topological polar surface area (TPSA) is 45.8 Å². The van der Waals surface area contributed by atoms with E-state index in [1.165, 1.54) is 26.8 Å². The maximum atomic E-state index is 12.9. The molecule has 2 heterocycles. The number of aromatic nitrogens is 2. The minimum atomic E-state index is 0.0367. The Morgan fingerprint density at radius 2 is 2.07 bits per heavy atom. The maximum Gasteiger partial charge on any atom is 0.259 e. The van der Waals surface area contributed by atoms with Gasteiger partial charge < -0.3 is 4.98 Å². The lowest BCUT2D eigenvalue weighted by atomic mass is 9.89. The predicted octanol–water partition coefficient (Wildman–Crippen LogP) is 6.26. The second kappa shape index (κ2) is 7.62. The average molecular weight is 421 g/mol. The SMILES string of the molecule is C[C@@H]1CCc2c(sc3nc([C@@H](C)SCc4cccc5ccccc45)[nH]c(=O)c23)C1. The second-order valence-electron chi connectivity index (χ2n) is 8.07. The molecular formula is C24H24N2OS2. The summed E-state index contributed by atoms with van der Waals surface area (Å²) in [5.74, 6) is 2.38. The van der Waals surface area contributed by atoms with Crippen molar-refractivity contribution < 1.29 is 0 Å². The first-order valence-electron chi connectivity index (χ1n) is 10.2. The van der Waals surface area contributed by atoms with E-state index in [1.54, 1.807) is 11.3 Å². The molecule has 5 heteroatoms. The quantitative estimate of drug-likeness (QED) is 0.424. The smallest absolute Gasteiger partial charge is 0.259 e. The van der Waals surface area contributed by atoms with Crippen LogP contribution in [-0.4, -0.2) is 9.97 Å². The molecule has 0 fully saturated rings. The molecule has 4 aromatic rings. The molecule has 0 unspecified atom stereocenters. The summed E-state index contributed by atoms with van der Waals surface area (Å²) in [5.41, 5.74) is 2.61. The zero-order valence-corrected chi connectivity index (χ0v) is 18.3. The van der Waals surface area contributed by atoms with Crippen molar-refractivity contribution >= 4 is 44.1 Å². The van der Waals surface area contributed by atoms with Gasteiger partial charge in [-0.25, -0.2) is 4.98 Å². The third kappa shape index (κ3) is 3.51. The molecule has 0 aliphatic heterocycles. The van der Waals surface area contributed by atoms with E-state index < -0.39 is 0 Å². The number of thioether (sulfide) groups is 1. The van der Waals surface area contributed by atoms with Crippen molar-refractivity contribution in [3.8, 4) is 0 Å². The summed E-state index contributed by atoms with van der Waals surface area (Å²) in [7, 11) is 0. The number of nitrogens with one attached hydrogen (secondary N) is 1. The number of aryl methyl sites for hydroxylation is 1. The van der Waals surface area contributed by atoms with Crippen LogP contribution in [0.1, 0.15) is 47.3 Å².